The molecule has 0 radical (unpaired) electrons. The molecule has 0 bridgehead atoms. The number of alkyl halides is 3. The van der Waals surface area contributed by atoms with Crippen molar-refractivity contribution in [2.75, 3.05) is 5.73 Å². The number of nitrogens with one attached hydrogen (secondary N) is 1. The van der Waals surface area contributed by atoms with Gasteiger partial charge in [0.25, 0.3) is 0 Å². The fraction of sp³-hybridized carbons (Fsp3) is 0.111. The molecule has 0 spiro atoms. The molecule has 2 rings (SSSR count). The van der Waals surface area contributed by atoms with Crippen LogP contribution < -0.4 is 10.5 Å². The zero-order valence-electron chi connectivity index (χ0n) is 7.43. The van der Waals surface area contributed by atoms with E-state index >= 15 is 0 Å². The standard InChI is InChI=1S/C9H7F3N2O/c10-9(11,12)15-6-3-5-1-2-14-8(5)7(13)4-6/h1-4,14H,13H2. The van der Waals surface area contributed by atoms with E-state index in [1.54, 1.807) is 12.3 Å². The predicted octanol–water partition coefficient (Wildman–Crippen LogP) is 2.65. The second-order valence-electron chi connectivity index (χ2n) is 3.00. The highest BCUT2D eigenvalue weighted by molar-refractivity contribution is 5.91. The predicted molar refractivity (Wildman–Crippen MR) is 49.4 cm³/mol. The molecule has 80 valence electrons. The lowest BCUT2D eigenvalue weighted by Crippen LogP contribution is -2.17. The number of halogens is 3. The maximum Gasteiger partial charge on any atom is 0.573 e. The molecule has 0 unspecified atom stereocenters. The maximum absolute atomic E-state index is 11.9. The normalized spacial score (nSPS) is 11.9. The number of benzene rings is 1. The van der Waals surface area contributed by atoms with Gasteiger partial charge in [0.05, 0.1) is 11.2 Å². The Balaban J connectivity index is 2.45. The minimum atomic E-state index is -4.70. The first-order valence-corrected chi connectivity index (χ1v) is 4.08. The number of ether oxygens (including phenoxy) is 1. The van der Waals surface area contributed by atoms with Gasteiger partial charge in [-0.15, -0.1) is 13.2 Å². The highest BCUT2D eigenvalue weighted by Crippen LogP contribution is 2.29. The lowest BCUT2D eigenvalue weighted by Gasteiger charge is -2.09. The molecular weight excluding hydrogens is 209 g/mol. The zero-order chi connectivity index (χ0) is 11.1. The Labute approximate surface area is 82.6 Å². The number of nitrogens with two attached hydrogens (primary N) is 1. The third-order valence-electron chi connectivity index (χ3n) is 1.90. The number of aromatic nitrogens is 1. The summed E-state index contributed by atoms with van der Waals surface area (Å²) in [5.41, 5.74) is 6.36. The van der Waals surface area contributed by atoms with Crippen molar-refractivity contribution in [1.29, 1.82) is 0 Å². The number of fused-ring (bicyclic) bond motifs is 1. The van der Waals surface area contributed by atoms with Crippen LogP contribution in [0.15, 0.2) is 24.4 Å². The molecule has 0 fully saturated rings. The van der Waals surface area contributed by atoms with Gasteiger partial charge < -0.3 is 15.5 Å². The Hall–Kier alpha value is -1.85. The summed E-state index contributed by atoms with van der Waals surface area (Å²) in [4.78, 5) is 2.82. The van der Waals surface area contributed by atoms with Gasteiger partial charge >= 0.3 is 6.36 Å². The van der Waals surface area contributed by atoms with Crippen molar-refractivity contribution in [3.63, 3.8) is 0 Å². The molecule has 0 aliphatic heterocycles. The summed E-state index contributed by atoms with van der Waals surface area (Å²) in [6.07, 6.45) is -3.10. The number of hydrogen-bond acceptors (Lipinski definition) is 2. The van der Waals surface area contributed by atoms with Crippen LogP contribution in [0, 0.1) is 0 Å². The molecule has 2 aromatic rings. The first kappa shape index (κ1) is 9.70. The molecule has 3 N–H and O–H groups in total. The molecule has 15 heavy (non-hydrogen) atoms. The van der Waals surface area contributed by atoms with Crippen LogP contribution >= 0.6 is 0 Å². The van der Waals surface area contributed by atoms with Crippen LogP contribution in [-0.4, -0.2) is 11.3 Å². The molecule has 0 amide bonds. The Morgan fingerprint density at radius 3 is 2.67 bits per heavy atom. The molecule has 1 aromatic carbocycles. The summed E-state index contributed by atoms with van der Waals surface area (Å²) in [5.74, 6) is -0.313. The summed E-state index contributed by atoms with van der Waals surface area (Å²) < 4.78 is 39.6. The minimum absolute atomic E-state index is 0.219. The van der Waals surface area contributed by atoms with E-state index in [1.165, 1.54) is 6.07 Å². The van der Waals surface area contributed by atoms with Gasteiger partial charge in [-0.2, -0.15) is 0 Å². The maximum atomic E-state index is 11.9. The highest BCUT2D eigenvalue weighted by atomic mass is 19.4. The molecule has 0 saturated carbocycles. The van der Waals surface area contributed by atoms with E-state index < -0.39 is 6.36 Å². The van der Waals surface area contributed by atoms with Crippen molar-refractivity contribution in [2.24, 2.45) is 0 Å². The lowest BCUT2D eigenvalue weighted by molar-refractivity contribution is -0.274. The Bertz CT molecular complexity index is 490. The van der Waals surface area contributed by atoms with Crippen LogP contribution in [-0.2, 0) is 0 Å². The van der Waals surface area contributed by atoms with E-state index in [2.05, 4.69) is 9.72 Å². The van der Waals surface area contributed by atoms with Crippen LogP contribution in [0.3, 0.4) is 0 Å². The molecule has 0 aliphatic rings. The van der Waals surface area contributed by atoms with E-state index in [-0.39, 0.29) is 11.4 Å². The second-order valence-corrected chi connectivity index (χ2v) is 3.00. The number of nitrogen functional groups attached to an aromatic ring is 1. The molecule has 0 aliphatic carbocycles. The SMILES string of the molecule is Nc1cc(OC(F)(F)F)cc2cc[nH]c12. The largest absolute Gasteiger partial charge is 0.573 e. The zero-order valence-corrected chi connectivity index (χ0v) is 7.43. The first-order valence-electron chi connectivity index (χ1n) is 4.08. The molecule has 1 heterocycles. The fourth-order valence-corrected chi connectivity index (χ4v) is 1.36. The van der Waals surface area contributed by atoms with Gasteiger partial charge in [-0.25, -0.2) is 0 Å². The fourth-order valence-electron chi connectivity index (χ4n) is 1.36. The number of H-pyrrole nitrogens is 1. The highest BCUT2D eigenvalue weighted by Gasteiger charge is 2.31. The van der Waals surface area contributed by atoms with Gasteiger partial charge in [0.15, 0.2) is 0 Å². The molecule has 0 atom stereocenters. The van der Waals surface area contributed by atoms with Gasteiger partial charge in [0.2, 0.25) is 0 Å². The van der Waals surface area contributed by atoms with Crippen LogP contribution in [0.1, 0.15) is 0 Å². The van der Waals surface area contributed by atoms with E-state index in [0.717, 1.165) is 6.07 Å². The molecular formula is C9H7F3N2O. The van der Waals surface area contributed by atoms with Crippen molar-refractivity contribution in [3.05, 3.63) is 24.4 Å². The lowest BCUT2D eigenvalue weighted by atomic mass is 10.2. The number of aromatic amines is 1. The minimum Gasteiger partial charge on any atom is -0.406 e. The quantitative estimate of drug-likeness (QED) is 0.720. The Kier molecular flexibility index (Phi) is 1.99. The number of hydrogen-bond donors (Lipinski definition) is 2. The third kappa shape index (κ3) is 1.98. The summed E-state index contributed by atoms with van der Waals surface area (Å²) in [6, 6.07) is 4.02. The first-order chi connectivity index (χ1) is 6.96. The average molecular weight is 216 g/mol. The molecule has 1 aromatic heterocycles. The summed E-state index contributed by atoms with van der Waals surface area (Å²) in [6.45, 7) is 0. The topological polar surface area (TPSA) is 51.0 Å². The van der Waals surface area contributed by atoms with E-state index in [0.29, 0.717) is 10.9 Å². The van der Waals surface area contributed by atoms with Crippen molar-refractivity contribution < 1.29 is 17.9 Å². The molecule has 6 heteroatoms. The Morgan fingerprint density at radius 2 is 2.00 bits per heavy atom. The van der Waals surface area contributed by atoms with Gasteiger partial charge in [-0.3, -0.25) is 0 Å². The van der Waals surface area contributed by atoms with Crippen molar-refractivity contribution in [2.45, 2.75) is 6.36 Å². The van der Waals surface area contributed by atoms with Crippen molar-refractivity contribution >= 4 is 16.6 Å². The molecule has 3 nitrogen and oxygen atoms in total. The smallest absolute Gasteiger partial charge is 0.406 e. The summed E-state index contributed by atoms with van der Waals surface area (Å²) in [5, 5.41) is 0.578. The van der Waals surface area contributed by atoms with Crippen LogP contribution in [0.5, 0.6) is 5.75 Å². The van der Waals surface area contributed by atoms with E-state index in [1.807, 2.05) is 0 Å². The monoisotopic (exact) mass is 216 g/mol. The average Bonchev–Trinajstić information content (AvgIpc) is 2.48. The van der Waals surface area contributed by atoms with Gasteiger partial charge in [-0.05, 0) is 12.1 Å². The van der Waals surface area contributed by atoms with Crippen molar-refractivity contribution in [3.8, 4) is 5.75 Å². The van der Waals surface area contributed by atoms with Crippen LogP contribution in [0.25, 0.3) is 10.9 Å². The van der Waals surface area contributed by atoms with Crippen molar-refractivity contribution in [1.82, 2.24) is 4.98 Å². The number of anilines is 1. The van der Waals surface area contributed by atoms with Gasteiger partial charge in [0.1, 0.15) is 5.75 Å². The van der Waals surface area contributed by atoms with E-state index in [4.69, 9.17) is 5.73 Å². The molecule has 0 saturated heterocycles. The van der Waals surface area contributed by atoms with Crippen LogP contribution in [0.4, 0.5) is 18.9 Å². The summed E-state index contributed by atoms with van der Waals surface area (Å²) >= 11 is 0. The number of rotatable bonds is 1. The van der Waals surface area contributed by atoms with E-state index in [9.17, 15) is 13.2 Å². The van der Waals surface area contributed by atoms with Gasteiger partial charge in [0, 0.05) is 17.6 Å². The second kappa shape index (κ2) is 3.08. The van der Waals surface area contributed by atoms with Crippen LogP contribution in [0.2, 0.25) is 0 Å². The summed E-state index contributed by atoms with van der Waals surface area (Å²) in [7, 11) is 0. The third-order valence-corrected chi connectivity index (χ3v) is 1.90. The van der Waals surface area contributed by atoms with Gasteiger partial charge in [-0.1, -0.05) is 0 Å². The Morgan fingerprint density at radius 1 is 1.27 bits per heavy atom.